The minimum absolute atomic E-state index is 0.0685. The predicted octanol–water partition coefficient (Wildman–Crippen LogP) is 3.90. The Morgan fingerprint density at radius 2 is 1.98 bits per heavy atom. The summed E-state index contributed by atoms with van der Waals surface area (Å²) in [4.78, 5) is 13.9. The molecule has 0 radical (unpaired) electrons. The van der Waals surface area contributed by atoms with E-state index in [1.54, 1.807) is 6.08 Å². The van der Waals surface area contributed by atoms with Crippen molar-refractivity contribution in [2.24, 2.45) is 17.8 Å². The summed E-state index contributed by atoms with van der Waals surface area (Å²) in [5, 5.41) is 32.9. The number of aliphatic hydroxyl groups excluding tert-OH is 2. The van der Waals surface area contributed by atoms with Crippen LogP contribution in [0.15, 0.2) is 47.1 Å². The molecule has 8 heteroatoms. The number of ether oxygens (including phenoxy) is 4. The lowest BCUT2D eigenvalue weighted by atomic mass is 9.70. The van der Waals surface area contributed by atoms with Gasteiger partial charge in [0.05, 0.1) is 25.4 Å². The monoisotopic (exact) mass is 558 g/mol. The van der Waals surface area contributed by atoms with Crippen molar-refractivity contribution in [2.75, 3.05) is 13.2 Å². The van der Waals surface area contributed by atoms with Crippen LogP contribution in [0, 0.1) is 17.8 Å². The Balaban J connectivity index is 1.52. The number of hydrogen-bond acceptors (Lipinski definition) is 8. The van der Waals surface area contributed by atoms with Crippen molar-refractivity contribution in [3.05, 3.63) is 47.1 Å². The first-order valence-corrected chi connectivity index (χ1v) is 15.0. The Bertz CT molecular complexity index is 1080. The molecule has 3 saturated heterocycles. The highest BCUT2D eigenvalue weighted by molar-refractivity contribution is 5.78. The molecule has 222 valence electrons. The largest absolute Gasteiger partial charge is 0.462 e. The van der Waals surface area contributed by atoms with Crippen molar-refractivity contribution in [1.82, 2.24) is 0 Å². The molecule has 5 rings (SSSR count). The fourth-order valence-electron chi connectivity index (χ4n) is 7.28. The first kappa shape index (κ1) is 29.7. The van der Waals surface area contributed by atoms with Crippen LogP contribution in [0.3, 0.4) is 0 Å². The number of hydrogen-bond donors (Lipinski definition) is 3. The molecule has 1 aliphatic carbocycles. The maximum Gasteiger partial charge on any atom is 0.316 e. The fourth-order valence-corrected chi connectivity index (χ4v) is 7.28. The zero-order valence-electron chi connectivity index (χ0n) is 24.3. The van der Waals surface area contributed by atoms with Gasteiger partial charge >= 0.3 is 5.97 Å². The molecule has 8 nitrogen and oxygen atoms in total. The summed E-state index contributed by atoms with van der Waals surface area (Å²) in [5.41, 5.74) is 0.223. The van der Waals surface area contributed by atoms with E-state index in [2.05, 4.69) is 39.8 Å². The smallest absolute Gasteiger partial charge is 0.316 e. The summed E-state index contributed by atoms with van der Waals surface area (Å²) in [7, 11) is 0. The number of carbonyl (C=O) groups is 1. The van der Waals surface area contributed by atoms with E-state index in [0.717, 1.165) is 25.7 Å². The standard InChI is InChI=1S/C32H46O8/c1-5-27-21(4)11-12-31(40-27)16-25-15-24(39-31)10-9-20(3)13-19(2)7-6-8-23-18-37-29-28(34)22(17-33)14-26(30(35)38-25)32(23,29)36/h6-9,14,19,21,24-29,33-34,36H,5,10-13,15-18H2,1-4H3/b7-6+,20-9+,23-8+. The summed E-state index contributed by atoms with van der Waals surface area (Å²) in [6.07, 6.45) is 11.7. The number of fused-ring (bicyclic) bond motifs is 2. The van der Waals surface area contributed by atoms with Gasteiger partial charge in [0.15, 0.2) is 5.79 Å². The molecule has 2 bridgehead atoms. The van der Waals surface area contributed by atoms with Crippen molar-refractivity contribution in [3.8, 4) is 0 Å². The van der Waals surface area contributed by atoms with Crippen LogP contribution in [0.25, 0.3) is 0 Å². The van der Waals surface area contributed by atoms with Crippen LogP contribution in [0.2, 0.25) is 0 Å². The molecule has 10 unspecified atom stereocenters. The third-order valence-electron chi connectivity index (χ3n) is 9.55. The van der Waals surface area contributed by atoms with E-state index in [0.29, 0.717) is 30.8 Å². The minimum Gasteiger partial charge on any atom is -0.462 e. The van der Waals surface area contributed by atoms with E-state index in [4.69, 9.17) is 18.9 Å². The Morgan fingerprint density at radius 1 is 1.18 bits per heavy atom. The van der Waals surface area contributed by atoms with Crippen molar-refractivity contribution in [1.29, 1.82) is 0 Å². The molecule has 0 saturated carbocycles. The maximum atomic E-state index is 13.9. The van der Waals surface area contributed by atoms with Crippen molar-refractivity contribution >= 4 is 5.97 Å². The number of allylic oxidation sites excluding steroid dienone is 4. The normalized spacial score (nSPS) is 47.8. The number of rotatable bonds is 2. The summed E-state index contributed by atoms with van der Waals surface area (Å²) < 4.78 is 25.3. The van der Waals surface area contributed by atoms with Gasteiger partial charge in [-0.2, -0.15) is 0 Å². The molecule has 4 heterocycles. The molecule has 3 fully saturated rings. The van der Waals surface area contributed by atoms with E-state index < -0.39 is 48.2 Å². The average Bonchev–Trinajstić information content (AvgIpc) is 3.25. The first-order valence-electron chi connectivity index (χ1n) is 15.0. The van der Waals surface area contributed by atoms with Crippen LogP contribution in [0.4, 0.5) is 0 Å². The van der Waals surface area contributed by atoms with E-state index in [9.17, 15) is 20.1 Å². The van der Waals surface area contributed by atoms with Gasteiger partial charge in [0.1, 0.15) is 29.8 Å². The molecule has 40 heavy (non-hydrogen) atoms. The zero-order valence-corrected chi connectivity index (χ0v) is 24.3. The number of esters is 1. The Morgan fingerprint density at radius 3 is 2.73 bits per heavy atom. The lowest BCUT2D eigenvalue weighted by molar-refractivity contribution is -0.335. The third kappa shape index (κ3) is 5.63. The quantitative estimate of drug-likeness (QED) is 0.346. The van der Waals surface area contributed by atoms with Gasteiger partial charge in [-0.3, -0.25) is 4.79 Å². The zero-order chi connectivity index (χ0) is 28.7. The van der Waals surface area contributed by atoms with Crippen molar-refractivity contribution in [2.45, 2.75) is 115 Å². The topological polar surface area (TPSA) is 115 Å². The fraction of sp³-hybridized carbons (Fsp3) is 0.719. The second-order valence-corrected chi connectivity index (χ2v) is 12.7. The van der Waals surface area contributed by atoms with E-state index in [-0.39, 0.29) is 30.3 Å². The van der Waals surface area contributed by atoms with Gasteiger partial charge in [-0.1, -0.05) is 56.7 Å². The second kappa shape index (κ2) is 11.8. The summed E-state index contributed by atoms with van der Waals surface area (Å²) in [5.74, 6) is -1.87. The number of aliphatic hydroxyl groups is 3. The second-order valence-electron chi connectivity index (χ2n) is 12.7. The van der Waals surface area contributed by atoms with Gasteiger partial charge < -0.3 is 34.3 Å². The highest BCUT2D eigenvalue weighted by Crippen LogP contribution is 2.47. The maximum absolute atomic E-state index is 13.9. The lowest BCUT2D eigenvalue weighted by Gasteiger charge is -2.50. The van der Waals surface area contributed by atoms with E-state index in [1.165, 1.54) is 11.6 Å². The molecule has 4 aliphatic heterocycles. The van der Waals surface area contributed by atoms with Gasteiger partial charge in [-0.25, -0.2) is 0 Å². The minimum atomic E-state index is -1.79. The molecule has 10 atom stereocenters. The third-order valence-corrected chi connectivity index (χ3v) is 9.55. The molecule has 0 aromatic carbocycles. The van der Waals surface area contributed by atoms with Crippen LogP contribution >= 0.6 is 0 Å². The van der Waals surface area contributed by atoms with Crippen LogP contribution in [0.5, 0.6) is 0 Å². The van der Waals surface area contributed by atoms with Crippen molar-refractivity contribution < 1.29 is 39.1 Å². The number of carbonyl (C=O) groups excluding carboxylic acids is 1. The van der Waals surface area contributed by atoms with Crippen LogP contribution in [0.1, 0.15) is 72.6 Å². The van der Waals surface area contributed by atoms with Crippen LogP contribution < -0.4 is 0 Å². The highest BCUT2D eigenvalue weighted by Gasteiger charge is 2.60. The summed E-state index contributed by atoms with van der Waals surface area (Å²) in [6.45, 7) is 8.22. The molecular weight excluding hydrogens is 512 g/mol. The average molecular weight is 559 g/mol. The Hall–Kier alpha value is -1.81. The van der Waals surface area contributed by atoms with Gasteiger partial charge in [-0.05, 0) is 55.6 Å². The molecule has 0 amide bonds. The summed E-state index contributed by atoms with van der Waals surface area (Å²) >= 11 is 0. The lowest BCUT2D eigenvalue weighted by Crippen LogP contribution is -2.58. The molecule has 5 aliphatic rings. The van der Waals surface area contributed by atoms with Gasteiger partial charge in [0, 0.05) is 19.3 Å². The van der Waals surface area contributed by atoms with Crippen LogP contribution in [-0.4, -0.2) is 76.4 Å². The van der Waals surface area contributed by atoms with Gasteiger partial charge in [0.2, 0.25) is 0 Å². The van der Waals surface area contributed by atoms with Gasteiger partial charge in [-0.15, -0.1) is 0 Å². The van der Waals surface area contributed by atoms with Crippen LogP contribution in [-0.2, 0) is 23.7 Å². The van der Waals surface area contributed by atoms with E-state index in [1.807, 2.05) is 6.08 Å². The van der Waals surface area contributed by atoms with E-state index >= 15 is 0 Å². The molecule has 3 N–H and O–H groups in total. The molecule has 0 aromatic heterocycles. The Kier molecular flexibility index (Phi) is 8.77. The first-order chi connectivity index (χ1) is 19.1. The predicted molar refractivity (Wildman–Crippen MR) is 149 cm³/mol. The molecular formula is C32H46O8. The summed E-state index contributed by atoms with van der Waals surface area (Å²) in [6, 6.07) is 0. The highest BCUT2D eigenvalue weighted by atomic mass is 16.7. The molecule has 1 spiro atoms. The molecule has 0 aromatic rings. The van der Waals surface area contributed by atoms with Gasteiger partial charge in [0.25, 0.3) is 0 Å². The SMILES string of the molecule is CCC1OC2(CCC1C)CC1CC(C/C=C(\C)CC(C)/C=C/C=C3\COC4C(O)C(CO)=CC(C(=O)O1)C34O)O2. The Labute approximate surface area is 237 Å². The van der Waals surface area contributed by atoms with Crippen molar-refractivity contribution in [3.63, 3.8) is 0 Å².